The van der Waals surface area contributed by atoms with E-state index in [1.807, 2.05) is 48.5 Å². The summed E-state index contributed by atoms with van der Waals surface area (Å²) in [6.45, 7) is 11.2. The van der Waals surface area contributed by atoms with Gasteiger partial charge in [-0.2, -0.15) is 11.1 Å². The van der Waals surface area contributed by atoms with E-state index in [2.05, 4.69) is 0 Å². The van der Waals surface area contributed by atoms with Gasteiger partial charge in [-0.25, -0.2) is 12.2 Å². The van der Waals surface area contributed by atoms with Gasteiger partial charge in [0, 0.05) is 0 Å². The molecule has 0 heterocycles. The Kier molecular flexibility index (Phi) is 7.85. The fraction of sp³-hybridized carbons (Fsp3) is 0. The van der Waals surface area contributed by atoms with Gasteiger partial charge in [0.15, 0.2) is 0 Å². The standard InChI is InChI=1S/C16H12.2Li/c1-3-13-9-5-7-11-15(13)16-12-8-6-10-14(16)4-2;;/h1-12H;;/q-2;2*+1. The molecule has 0 atom stereocenters. The van der Waals surface area contributed by atoms with Gasteiger partial charge in [0.25, 0.3) is 0 Å². The summed E-state index contributed by atoms with van der Waals surface area (Å²) < 4.78 is 0. The second kappa shape index (κ2) is 8.26. The molecule has 0 saturated carbocycles. The molecule has 0 spiro atoms. The van der Waals surface area contributed by atoms with E-state index < -0.39 is 0 Å². The third-order valence-electron chi connectivity index (χ3n) is 2.57. The van der Waals surface area contributed by atoms with Gasteiger partial charge in [0.05, 0.1) is 0 Å². The molecule has 0 aliphatic carbocycles. The zero-order valence-electron chi connectivity index (χ0n) is 10.9. The molecule has 0 fully saturated rings. The van der Waals surface area contributed by atoms with Crippen molar-refractivity contribution < 1.29 is 37.7 Å². The molecule has 18 heavy (non-hydrogen) atoms. The number of hydrogen-bond acceptors (Lipinski definition) is 0. The minimum Gasteiger partial charge on any atom is -0.292 e. The van der Waals surface area contributed by atoms with Gasteiger partial charge < -0.3 is 0 Å². The van der Waals surface area contributed by atoms with Gasteiger partial charge in [-0.05, 0) is 0 Å². The van der Waals surface area contributed by atoms with Crippen LogP contribution < -0.4 is 37.7 Å². The normalized spacial score (nSPS) is 8.67. The van der Waals surface area contributed by atoms with Crippen molar-refractivity contribution in [1.29, 1.82) is 0 Å². The summed E-state index contributed by atoms with van der Waals surface area (Å²) in [4.78, 5) is 0. The summed E-state index contributed by atoms with van der Waals surface area (Å²) in [5.41, 5.74) is 4.22. The van der Waals surface area contributed by atoms with E-state index in [-0.39, 0.29) is 37.7 Å². The quantitative estimate of drug-likeness (QED) is 0.423. The maximum absolute atomic E-state index is 5.61. The molecular weight excluding hydrogens is 206 g/mol. The third-order valence-corrected chi connectivity index (χ3v) is 2.57. The van der Waals surface area contributed by atoms with Crippen LogP contribution in [-0.4, -0.2) is 0 Å². The van der Waals surface area contributed by atoms with Gasteiger partial charge in [0.2, 0.25) is 0 Å². The molecule has 0 amide bonds. The minimum absolute atomic E-state index is 0. The summed E-state index contributed by atoms with van der Waals surface area (Å²) in [6, 6.07) is 16.0. The average Bonchev–Trinajstić information content (AvgIpc) is 2.38. The molecule has 0 aliphatic heterocycles. The SMILES string of the molecule is [CH-]=Cc1ccccc1-c1ccccc1C=[CH-].[Li+].[Li+]. The average molecular weight is 218 g/mol. The second-order valence-electron chi connectivity index (χ2n) is 3.51. The summed E-state index contributed by atoms with van der Waals surface area (Å²) in [5, 5.41) is 0. The van der Waals surface area contributed by atoms with Crippen molar-refractivity contribution >= 4 is 12.2 Å². The fourth-order valence-corrected chi connectivity index (χ4v) is 1.78. The van der Waals surface area contributed by atoms with Crippen LogP contribution in [0.1, 0.15) is 11.1 Å². The van der Waals surface area contributed by atoms with Gasteiger partial charge >= 0.3 is 37.7 Å². The summed E-state index contributed by atoms with van der Waals surface area (Å²) >= 11 is 0. The van der Waals surface area contributed by atoms with Crippen LogP contribution in [0.3, 0.4) is 0 Å². The largest absolute Gasteiger partial charge is 1.00 e. The molecule has 0 saturated heterocycles. The van der Waals surface area contributed by atoms with Crippen LogP contribution in [0.25, 0.3) is 23.3 Å². The molecule has 78 valence electrons. The molecule has 0 N–H and O–H groups in total. The molecule has 0 unspecified atom stereocenters. The van der Waals surface area contributed by atoms with Gasteiger partial charge in [0.1, 0.15) is 0 Å². The molecule has 0 aliphatic rings. The zero-order valence-corrected chi connectivity index (χ0v) is 10.9. The smallest absolute Gasteiger partial charge is 0.292 e. The molecule has 0 nitrogen and oxygen atoms in total. The number of hydrogen-bond donors (Lipinski definition) is 0. The zero-order chi connectivity index (χ0) is 11.4. The monoisotopic (exact) mass is 218 g/mol. The van der Waals surface area contributed by atoms with Crippen LogP contribution >= 0.6 is 0 Å². The maximum atomic E-state index is 5.61. The van der Waals surface area contributed by atoms with E-state index in [1.165, 1.54) is 0 Å². The molecule has 0 bridgehead atoms. The van der Waals surface area contributed by atoms with Crippen LogP contribution in [0.15, 0.2) is 48.5 Å². The van der Waals surface area contributed by atoms with Gasteiger partial charge in [-0.1, -0.05) is 36.4 Å². The maximum Gasteiger partial charge on any atom is 1.00 e. The first-order valence-electron chi connectivity index (χ1n) is 5.15. The number of benzene rings is 2. The Morgan fingerprint density at radius 2 is 0.944 bits per heavy atom. The van der Waals surface area contributed by atoms with Crippen molar-refractivity contribution in [3.8, 4) is 11.1 Å². The van der Waals surface area contributed by atoms with E-state index in [4.69, 9.17) is 13.2 Å². The Hall–Kier alpha value is -0.885. The molecular formula is C16H12Li2. The Labute approximate surface area is 133 Å². The van der Waals surface area contributed by atoms with E-state index >= 15 is 0 Å². The fourth-order valence-electron chi connectivity index (χ4n) is 1.78. The van der Waals surface area contributed by atoms with E-state index in [0.717, 1.165) is 22.3 Å². The van der Waals surface area contributed by atoms with Crippen molar-refractivity contribution in [2.24, 2.45) is 0 Å². The molecule has 0 aromatic heterocycles. The molecule has 2 rings (SSSR count). The van der Waals surface area contributed by atoms with E-state index in [9.17, 15) is 0 Å². The summed E-state index contributed by atoms with van der Waals surface area (Å²) in [7, 11) is 0. The van der Waals surface area contributed by atoms with Crippen LogP contribution in [-0.2, 0) is 0 Å². The molecule has 2 heteroatoms. The van der Waals surface area contributed by atoms with Crippen molar-refractivity contribution in [3.63, 3.8) is 0 Å². The minimum atomic E-state index is 0. The first kappa shape index (κ1) is 17.1. The predicted octanol–water partition coefficient (Wildman–Crippen LogP) is -1.75. The van der Waals surface area contributed by atoms with Gasteiger partial charge in [-0.15, -0.1) is 23.3 Å². The van der Waals surface area contributed by atoms with Crippen molar-refractivity contribution in [3.05, 3.63) is 72.8 Å². The second-order valence-corrected chi connectivity index (χ2v) is 3.51. The van der Waals surface area contributed by atoms with E-state index in [0.29, 0.717) is 0 Å². The van der Waals surface area contributed by atoms with Crippen LogP contribution in [0, 0.1) is 13.2 Å². The summed E-state index contributed by atoms with van der Waals surface area (Å²) in [5.74, 6) is 0. The Balaban J connectivity index is 0.00000144. The van der Waals surface area contributed by atoms with Crippen molar-refractivity contribution in [1.82, 2.24) is 0 Å². The first-order chi connectivity index (χ1) is 7.86. The Bertz CT molecular complexity index is 481. The Morgan fingerprint density at radius 3 is 1.28 bits per heavy atom. The predicted molar refractivity (Wildman–Crippen MR) is 69.4 cm³/mol. The Morgan fingerprint density at radius 1 is 0.611 bits per heavy atom. The third kappa shape index (κ3) is 3.55. The van der Waals surface area contributed by atoms with Gasteiger partial charge in [-0.3, -0.25) is 13.2 Å². The van der Waals surface area contributed by atoms with E-state index in [1.54, 1.807) is 12.2 Å². The topological polar surface area (TPSA) is 0 Å². The molecule has 2 aromatic rings. The first-order valence-corrected chi connectivity index (χ1v) is 5.15. The van der Waals surface area contributed by atoms with Crippen LogP contribution in [0.4, 0.5) is 0 Å². The van der Waals surface area contributed by atoms with Crippen LogP contribution in [0.5, 0.6) is 0 Å². The summed E-state index contributed by atoms with van der Waals surface area (Å²) in [6.07, 6.45) is 3.23. The molecule has 0 radical (unpaired) electrons. The number of rotatable bonds is 3. The van der Waals surface area contributed by atoms with Crippen molar-refractivity contribution in [2.45, 2.75) is 0 Å². The van der Waals surface area contributed by atoms with Crippen molar-refractivity contribution in [2.75, 3.05) is 0 Å². The van der Waals surface area contributed by atoms with Crippen LogP contribution in [0.2, 0.25) is 0 Å². The molecule has 2 aromatic carbocycles.